The lowest BCUT2D eigenvalue weighted by Crippen LogP contribution is -2.65. The minimum atomic E-state index is -2.21. The Balaban J connectivity index is 2.05. The van der Waals surface area contributed by atoms with E-state index in [-0.39, 0.29) is 12.1 Å². The average molecular weight is 260 g/mol. The van der Waals surface area contributed by atoms with Crippen LogP contribution in [0.3, 0.4) is 0 Å². The van der Waals surface area contributed by atoms with Gasteiger partial charge < -0.3 is 5.32 Å². The highest BCUT2D eigenvalue weighted by Gasteiger charge is 2.44. The van der Waals surface area contributed by atoms with Gasteiger partial charge in [-0.15, -0.1) is 0 Å². The Morgan fingerprint density at radius 3 is 2.56 bits per heavy atom. The maximum absolute atomic E-state index is 12.8. The van der Waals surface area contributed by atoms with Crippen molar-refractivity contribution >= 4 is 0 Å². The molecule has 0 aromatic heterocycles. The highest BCUT2D eigenvalue weighted by molar-refractivity contribution is 5.02. The second kappa shape index (κ2) is 5.83. The molecule has 1 heterocycles. The summed E-state index contributed by atoms with van der Waals surface area (Å²) in [6, 6.07) is 0.375. The molecule has 1 saturated carbocycles. The van der Waals surface area contributed by atoms with Crippen LogP contribution in [0.2, 0.25) is 0 Å². The summed E-state index contributed by atoms with van der Waals surface area (Å²) >= 11 is 0. The second-order valence-corrected chi connectivity index (χ2v) is 6.10. The van der Waals surface area contributed by atoms with E-state index in [2.05, 4.69) is 24.1 Å². The van der Waals surface area contributed by atoms with Crippen LogP contribution in [0.5, 0.6) is 0 Å². The molecule has 0 amide bonds. The lowest BCUT2D eigenvalue weighted by atomic mass is 9.87. The summed E-state index contributed by atoms with van der Waals surface area (Å²) < 4.78 is 25.6. The van der Waals surface area contributed by atoms with Crippen LogP contribution >= 0.6 is 0 Å². The van der Waals surface area contributed by atoms with E-state index >= 15 is 0 Å². The second-order valence-electron chi connectivity index (χ2n) is 6.10. The molecule has 0 bridgehead atoms. The third-order valence-electron chi connectivity index (χ3n) is 5.00. The van der Waals surface area contributed by atoms with Crippen molar-refractivity contribution in [1.82, 2.24) is 10.2 Å². The Labute approximate surface area is 109 Å². The zero-order valence-electron chi connectivity index (χ0n) is 11.6. The number of nitrogens with one attached hydrogen (secondary N) is 1. The smallest absolute Gasteiger partial charge is 0.251 e. The Morgan fingerprint density at radius 2 is 2.00 bits per heavy atom. The first-order chi connectivity index (χ1) is 8.57. The van der Waals surface area contributed by atoms with Crippen LogP contribution in [0.1, 0.15) is 46.0 Å². The number of nitrogens with zero attached hydrogens (tertiary/aromatic N) is 1. The van der Waals surface area contributed by atoms with Crippen molar-refractivity contribution in [2.24, 2.45) is 5.92 Å². The first kappa shape index (κ1) is 14.2. The Morgan fingerprint density at radius 1 is 1.33 bits per heavy atom. The third kappa shape index (κ3) is 2.85. The predicted octanol–water partition coefficient (Wildman–Crippen LogP) is 2.88. The van der Waals surface area contributed by atoms with Gasteiger partial charge in [0.05, 0.1) is 6.54 Å². The Kier molecular flexibility index (Phi) is 4.59. The number of halogens is 2. The number of hydrogen-bond acceptors (Lipinski definition) is 2. The van der Waals surface area contributed by atoms with E-state index in [1.807, 2.05) is 0 Å². The quantitative estimate of drug-likeness (QED) is 0.836. The van der Waals surface area contributed by atoms with Gasteiger partial charge in [-0.1, -0.05) is 33.1 Å². The van der Waals surface area contributed by atoms with Crippen molar-refractivity contribution in [3.63, 3.8) is 0 Å². The molecule has 2 nitrogen and oxygen atoms in total. The lowest BCUT2D eigenvalue weighted by molar-refractivity contribution is -0.0145. The van der Waals surface area contributed by atoms with Gasteiger partial charge in [0.1, 0.15) is 0 Å². The largest absolute Gasteiger partial charge is 0.311 e. The van der Waals surface area contributed by atoms with E-state index in [1.165, 1.54) is 12.8 Å². The Bertz CT molecular complexity index is 265. The molecule has 2 atom stereocenters. The van der Waals surface area contributed by atoms with Crippen molar-refractivity contribution < 1.29 is 8.78 Å². The molecule has 2 unspecified atom stereocenters. The molecule has 0 aromatic rings. The van der Waals surface area contributed by atoms with Gasteiger partial charge in [0.25, 0.3) is 6.43 Å². The third-order valence-corrected chi connectivity index (χ3v) is 5.00. The normalized spacial score (nSPS) is 30.2. The Hall–Kier alpha value is -0.220. The standard InChI is InChI=1S/C14H26F2N2/c1-3-11(2)12-8-18(9-13(15)16)14(10-17-12)6-4-5-7-14/h11-13,17H,3-10H2,1-2H3. The van der Waals surface area contributed by atoms with Crippen molar-refractivity contribution in [1.29, 1.82) is 0 Å². The molecule has 1 spiro atoms. The molecule has 2 rings (SSSR count). The van der Waals surface area contributed by atoms with Crippen molar-refractivity contribution in [2.75, 3.05) is 19.6 Å². The molecular formula is C14H26F2N2. The van der Waals surface area contributed by atoms with Gasteiger partial charge in [0.15, 0.2) is 0 Å². The van der Waals surface area contributed by atoms with Gasteiger partial charge in [-0.05, 0) is 18.8 Å². The molecule has 1 saturated heterocycles. The molecule has 0 aromatic carbocycles. The van der Waals surface area contributed by atoms with Gasteiger partial charge in [0.2, 0.25) is 0 Å². The lowest BCUT2D eigenvalue weighted by Gasteiger charge is -2.49. The maximum Gasteiger partial charge on any atom is 0.251 e. The first-order valence-electron chi connectivity index (χ1n) is 7.34. The van der Waals surface area contributed by atoms with Crippen molar-refractivity contribution in [3.05, 3.63) is 0 Å². The fourth-order valence-electron chi connectivity index (χ4n) is 3.56. The monoisotopic (exact) mass is 260 g/mol. The fourth-order valence-corrected chi connectivity index (χ4v) is 3.56. The molecule has 2 aliphatic rings. The van der Waals surface area contributed by atoms with Crippen LogP contribution in [0.15, 0.2) is 0 Å². The van der Waals surface area contributed by atoms with Gasteiger partial charge in [-0.2, -0.15) is 0 Å². The molecule has 4 heteroatoms. The maximum atomic E-state index is 12.8. The summed E-state index contributed by atoms with van der Waals surface area (Å²) in [7, 11) is 0. The van der Waals surface area contributed by atoms with E-state index in [0.29, 0.717) is 12.0 Å². The minimum absolute atomic E-state index is 0.0282. The average Bonchev–Trinajstić information content (AvgIpc) is 2.80. The molecule has 2 fully saturated rings. The molecule has 106 valence electrons. The van der Waals surface area contributed by atoms with Gasteiger partial charge >= 0.3 is 0 Å². The number of rotatable bonds is 4. The summed E-state index contributed by atoms with van der Waals surface area (Å²) in [5, 5.41) is 3.62. The molecule has 18 heavy (non-hydrogen) atoms. The van der Waals surface area contributed by atoms with Crippen LogP contribution in [0.25, 0.3) is 0 Å². The van der Waals surface area contributed by atoms with E-state index in [0.717, 1.165) is 32.4 Å². The highest BCUT2D eigenvalue weighted by atomic mass is 19.3. The van der Waals surface area contributed by atoms with Crippen molar-refractivity contribution in [3.8, 4) is 0 Å². The SMILES string of the molecule is CCC(C)C1CN(CC(F)F)C2(CCCC2)CN1. The van der Waals surface area contributed by atoms with E-state index < -0.39 is 6.43 Å². The summed E-state index contributed by atoms with van der Waals surface area (Å²) in [5.74, 6) is 0.559. The highest BCUT2D eigenvalue weighted by Crippen LogP contribution is 2.37. The summed E-state index contributed by atoms with van der Waals surface area (Å²) in [4.78, 5) is 2.10. The minimum Gasteiger partial charge on any atom is -0.311 e. The molecule has 1 N–H and O–H groups in total. The molecule has 1 aliphatic heterocycles. The number of piperazine rings is 1. The van der Waals surface area contributed by atoms with E-state index in [1.54, 1.807) is 0 Å². The zero-order valence-corrected chi connectivity index (χ0v) is 11.6. The number of alkyl halides is 2. The first-order valence-corrected chi connectivity index (χ1v) is 7.34. The van der Waals surface area contributed by atoms with Crippen LogP contribution in [-0.2, 0) is 0 Å². The molecule has 0 radical (unpaired) electrons. The summed E-state index contributed by atoms with van der Waals surface area (Å²) in [5.41, 5.74) is 0.0282. The zero-order chi connectivity index (χ0) is 13.2. The predicted molar refractivity (Wildman–Crippen MR) is 70.0 cm³/mol. The molecule has 1 aliphatic carbocycles. The summed E-state index contributed by atoms with van der Waals surface area (Å²) in [6.45, 7) is 6.03. The van der Waals surface area contributed by atoms with Gasteiger partial charge in [-0.25, -0.2) is 8.78 Å². The van der Waals surface area contributed by atoms with Gasteiger partial charge in [0, 0.05) is 24.7 Å². The van der Waals surface area contributed by atoms with Gasteiger partial charge in [-0.3, -0.25) is 4.90 Å². The number of hydrogen-bond donors (Lipinski definition) is 1. The summed E-state index contributed by atoms with van der Waals surface area (Å²) in [6.07, 6.45) is 3.44. The van der Waals surface area contributed by atoms with E-state index in [9.17, 15) is 8.78 Å². The topological polar surface area (TPSA) is 15.3 Å². The van der Waals surface area contributed by atoms with Crippen LogP contribution in [0, 0.1) is 5.92 Å². The van der Waals surface area contributed by atoms with Crippen LogP contribution in [-0.4, -0.2) is 42.5 Å². The van der Waals surface area contributed by atoms with E-state index in [4.69, 9.17) is 0 Å². The van der Waals surface area contributed by atoms with Crippen LogP contribution in [0.4, 0.5) is 8.78 Å². The van der Waals surface area contributed by atoms with Crippen molar-refractivity contribution in [2.45, 2.75) is 64.0 Å². The van der Waals surface area contributed by atoms with Crippen LogP contribution < -0.4 is 5.32 Å². The molecular weight excluding hydrogens is 234 g/mol. The fraction of sp³-hybridized carbons (Fsp3) is 1.00.